The summed E-state index contributed by atoms with van der Waals surface area (Å²) in [5.74, 6) is 0.792. The largest absolute Gasteiger partial charge is 0.378 e. The third kappa shape index (κ3) is 3.51. The molecule has 2 atom stereocenters. The number of nitrogens with one attached hydrogen (secondary N) is 2. The van der Waals surface area contributed by atoms with Crippen molar-refractivity contribution in [3.63, 3.8) is 0 Å². The zero-order valence-electron chi connectivity index (χ0n) is 19.4. The molecule has 0 spiro atoms. The predicted molar refractivity (Wildman–Crippen MR) is 132 cm³/mol. The minimum atomic E-state index is 0.282. The number of hydrogen-bond donors (Lipinski definition) is 2. The van der Waals surface area contributed by atoms with Crippen LogP contribution in [0.5, 0.6) is 0 Å². The van der Waals surface area contributed by atoms with Crippen molar-refractivity contribution in [3.05, 3.63) is 34.5 Å². The van der Waals surface area contributed by atoms with Crippen molar-refractivity contribution in [1.82, 2.24) is 24.5 Å². The van der Waals surface area contributed by atoms with E-state index in [1.165, 1.54) is 6.20 Å². The van der Waals surface area contributed by atoms with Crippen LogP contribution in [0.25, 0.3) is 5.65 Å². The Bertz CT molecular complexity index is 1450. The molecule has 1 aliphatic carbocycles. The first-order chi connectivity index (χ1) is 17.6. The van der Waals surface area contributed by atoms with Crippen molar-refractivity contribution in [3.8, 4) is 12.1 Å². The summed E-state index contributed by atoms with van der Waals surface area (Å²) >= 11 is 6.94. The van der Waals surface area contributed by atoms with Crippen LogP contribution in [-0.4, -0.2) is 75.0 Å². The number of nitrogens with zero attached hydrogens (tertiary/aromatic N) is 8. The molecular formula is C24H23ClN10O. The quantitative estimate of drug-likeness (QED) is 0.518. The van der Waals surface area contributed by atoms with Crippen LogP contribution in [0.2, 0.25) is 5.02 Å². The van der Waals surface area contributed by atoms with Crippen molar-refractivity contribution in [1.29, 1.82) is 10.5 Å². The molecule has 0 amide bonds. The molecule has 0 radical (unpaired) electrons. The lowest BCUT2D eigenvalue weighted by molar-refractivity contribution is -0.0708. The van der Waals surface area contributed by atoms with Gasteiger partial charge in [0.2, 0.25) is 11.9 Å². The van der Waals surface area contributed by atoms with Gasteiger partial charge in [-0.1, -0.05) is 11.6 Å². The highest BCUT2D eigenvalue weighted by molar-refractivity contribution is 6.36. The van der Waals surface area contributed by atoms with Crippen molar-refractivity contribution in [2.45, 2.75) is 43.4 Å². The minimum absolute atomic E-state index is 0.282. The highest BCUT2D eigenvalue weighted by Gasteiger charge is 2.47. The molecule has 2 N–H and O–H groups in total. The SMILES string of the molecule is N#Cc1cc(Nc2nc(NC3CC3)n3ncc(C#N)c3n2)c(Cl)c(N2C[C@@H]3C[C@H]2CN3C2COC2)c1. The standard InChI is InChI=1S/C24H23ClN10O/c25-21-19(30-23-31-22-14(7-27)8-28-35(22)24(32-23)29-15-1-2-15)3-13(6-26)4-20(21)34-10-16-5-17(34)9-33(16)18-11-36-12-18/h3-4,8,15-18H,1-2,5,9-12H2,(H2,29,30,31,32)/t16-,17-/m0/s1. The van der Waals surface area contributed by atoms with Gasteiger partial charge in [-0.15, -0.1) is 0 Å². The second-order valence-corrected chi connectivity index (χ2v) is 10.3. The fraction of sp³-hybridized carbons (Fsp3) is 0.458. The third-order valence-corrected chi connectivity index (χ3v) is 7.91. The minimum Gasteiger partial charge on any atom is -0.378 e. The van der Waals surface area contributed by atoms with Gasteiger partial charge >= 0.3 is 0 Å². The maximum Gasteiger partial charge on any atom is 0.232 e. The van der Waals surface area contributed by atoms with Crippen molar-refractivity contribution in [2.24, 2.45) is 0 Å². The van der Waals surface area contributed by atoms with Gasteiger partial charge in [-0.3, -0.25) is 4.90 Å². The number of anilines is 4. The van der Waals surface area contributed by atoms with E-state index in [0.29, 0.717) is 57.6 Å². The molecule has 3 saturated heterocycles. The Balaban J connectivity index is 1.22. The van der Waals surface area contributed by atoms with Gasteiger partial charge in [0.25, 0.3) is 0 Å². The average molecular weight is 503 g/mol. The number of piperazine rings is 1. The van der Waals surface area contributed by atoms with E-state index in [9.17, 15) is 10.5 Å². The molecule has 12 heteroatoms. The Morgan fingerprint density at radius 2 is 1.92 bits per heavy atom. The number of likely N-dealkylation sites (tertiary alicyclic amines) is 1. The van der Waals surface area contributed by atoms with Gasteiger partial charge in [0.05, 0.1) is 53.5 Å². The maximum absolute atomic E-state index is 9.75. The summed E-state index contributed by atoms with van der Waals surface area (Å²) in [5, 5.41) is 30.6. The van der Waals surface area contributed by atoms with E-state index < -0.39 is 0 Å². The molecule has 1 saturated carbocycles. The van der Waals surface area contributed by atoms with E-state index >= 15 is 0 Å². The van der Waals surface area contributed by atoms with E-state index in [1.54, 1.807) is 10.6 Å². The van der Waals surface area contributed by atoms with Crippen LogP contribution in [0.1, 0.15) is 30.4 Å². The Labute approximate surface area is 212 Å². The van der Waals surface area contributed by atoms with Crippen LogP contribution in [-0.2, 0) is 4.74 Å². The maximum atomic E-state index is 9.75. The molecule has 7 rings (SSSR count). The Morgan fingerprint density at radius 1 is 1.06 bits per heavy atom. The molecule has 5 heterocycles. The summed E-state index contributed by atoms with van der Waals surface area (Å²) in [7, 11) is 0. The molecule has 2 aromatic heterocycles. The van der Waals surface area contributed by atoms with Crippen molar-refractivity contribution < 1.29 is 4.74 Å². The summed E-state index contributed by atoms with van der Waals surface area (Å²) in [6.07, 6.45) is 4.68. The van der Waals surface area contributed by atoms with E-state index in [0.717, 1.165) is 51.3 Å². The summed E-state index contributed by atoms with van der Waals surface area (Å²) in [4.78, 5) is 14.0. The Kier molecular flexibility index (Phi) is 4.93. The monoisotopic (exact) mass is 502 g/mol. The molecule has 3 aromatic rings. The van der Waals surface area contributed by atoms with Crippen molar-refractivity contribution >= 4 is 40.5 Å². The number of ether oxygens (including phenoxy) is 1. The highest BCUT2D eigenvalue weighted by atomic mass is 35.5. The van der Waals surface area contributed by atoms with Crippen LogP contribution in [0.3, 0.4) is 0 Å². The molecule has 3 aliphatic heterocycles. The Hall–Kier alpha value is -3.64. The van der Waals surface area contributed by atoms with Gasteiger partial charge in [0, 0.05) is 31.2 Å². The predicted octanol–water partition coefficient (Wildman–Crippen LogP) is 2.50. The second kappa shape index (κ2) is 8.20. The van der Waals surface area contributed by atoms with Gasteiger partial charge in [-0.2, -0.15) is 30.1 Å². The highest BCUT2D eigenvalue weighted by Crippen LogP contribution is 2.43. The van der Waals surface area contributed by atoms with Gasteiger partial charge in [-0.05, 0) is 31.4 Å². The number of rotatable bonds is 6. The first-order valence-corrected chi connectivity index (χ1v) is 12.5. The fourth-order valence-electron chi connectivity index (χ4n) is 5.46. The van der Waals surface area contributed by atoms with E-state index in [-0.39, 0.29) is 5.95 Å². The lowest BCUT2D eigenvalue weighted by atomic mass is 10.1. The van der Waals surface area contributed by atoms with E-state index in [4.69, 9.17) is 16.3 Å². The zero-order valence-corrected chi connectivity index (χ0v) is 20.1. The van der Waals surface area contributed by atoms with Gasteiger partial charge in [-0.25, -0.2) is 0 Å². The van der Waals surface area contributed by atoms with Crippen LogP contribution in [0, 0.1) is 22.7 Å². The van der Waals surface area contributed by atoms with Crippen molar-refractivity contribution in [2.75, 3.05) is 41.8 Å². The number of nitriles is 2. The van der Waals surface area contributed by atoms with Gasteiger partial charge in [0.15, 0.2) is 5.65 Å². The van der Waals surface area contributed by atoms with Crippen LogP contribution >= 0.6 is 11.6 Å². The molecule has 36 heavy (non-hydrogen) atoms. The number of benzene rings is 1. The van der Waals surface area contributed by atoms with E-state index in [2.05, 4.69) is 47.6 Å². The molecule has 1 aromatic carbocycles. The third-order valence-electron chi connectivity index (χ3n) is 7.51. The van der Waals surface area contributed by atoms with Crippen LogP contribution in [0.15, 0.2) is 18.3 Å². The summed E-state index contributed by atoms with van der Waals surface area (Å²) in [6, 6.07) is 9.63. The lowest BCUT2D eigenvalue weighted by Crippen LogP contribution is -2.56. The summed E-state index contributed by atoms with van der Waals surface area (Å²) in [5.41, 5.74) is 2.66. The number of fused-ring (bicyclic) bond motifs is 3. The van der Waals surface area contributed by atoms with Gasteiger partial charge < -0.3 is 20.3 Å². The molecule has 0 unspecified atom stereocenters. The number of aromatic nitrogens is 4. The van der Waals surface area contributed by atoms with E-state index in [1.807, 2.05) is 6.07 Å². The fourth-order valence-corrected chi connectivity index (χ4v) is 5.73. The second-order valence-electron chi connectivity index (χ2n) is 9.87. The first-order valence-electron chi connectivity index (χ1n) is 12.1. The zero-order chi connectivity index (χ0) is 24.4. The number of hydrogen-bond acceptors (Lipinski definition) is 10. The molecule has 182 valence electrons. The normalized spacial score (nSPS) is 23.5. The number of halogens is 1. The molecule has 11 nitrogen and oxygen atoms in total. The first kappa shape index (κ1) is 21.6. The smallest absolute Gasteiger partial charge is 0.232 e. The molecular weight excluding hydrogens is 480 g/mol. The Morgan fingerprint density at radius 3 is 2.58 bits per heavy atom. The molecule has 4 fully saturated rings. The molecule has 2 bridgehead atoms. The van der Waals surface area contributed by atoms with Gasteiger partial charge in [0.1, 0.15) is 11.6 Å². The average Bonchev–Trinajstić information content (AvgIpc) is 3.24. The summed E-state index contributed by atoms with van der Waals surface area (Å²) in [6.45, 7) is 3.47. The summed E-state index contributed by atoms with van der Waals surface area (Å²) < 4.78 is 6.94. The van der Waals surface area contributed by atoms with Crippen LogP contribution in [0.4, 0.5) is 23.3 Å². The van der Waals surface area contributed by atoms with Crippen LogP contribution < -0.4 is 15.5 Å². The lowest BCUT2D eigenvalue weighted by Gasteiger charge is -2.43. The molecule has 4 aliphatic rings. The topological polar surface area (TPSA) is 130 Å².